The van der Waals surface area contributed by atoms with Gasteiger partial charge in [0.1, 0.15) is 5.75 Å². The lowest BCUT2D eigenvalue weighted by Gasteiger charge is -2.49. The molecule has 3 nitrogen and oxygen atoms in total. The molecule has 2 aromatic carbocycles. The molecule has 0 saturated carbocycles. The Morgan fingerprint density at radius 1 is 1.00 bits per heavy atom. The molecule has 1 aliphatic heterocycles. The summed E-state index contributed by atoms with van der Waals surface area (Å²) in [6, 6.07) is 19.2. The molecule has 26 heavy (non-hydrogen) atoms. The van der Waals surface area contributed by atoms with E-state index in [4.69, 9.17) is 4.74 Å². The van der Waals surface area contributed by atoms with Gasteiger partial charge in [0.25, 0.3) is 0 Å². The minimum atomic E-state index is 0.106. The van der Waals surface area contributed by atoms with Crippen LogP contribution in [0.3, 0.4) is 0 Å². The highest BCUT2D eigenvalue weighted by Gasteiger charge is 2.36. The topological polar surface area (TPSA) is 15.7 Å². The van der Waals surface area contributed by atoms with Gasteiger partial charge in [-0.15, -0.1) is 6.58 Å². The molecule has 0 radical (unpaired) electrons. The predicted octanol–water partition coefficient (Wildman–Crippen LogP) is 4.35. The average molecular weight is 351 g/mol. The molecule has 1 heterocycles. The summed E-state index contributed by atoms with van der Waals surface area (Å²) in [5.74, 6) is 0.912. The molecule has 1 atom stereocenters. The molecule has 0 aliphatic carbocycles. The fraction of sp³-hybridized carbons (Fsp3) is 0.391. The monoisotopic (exact) mass is 350 g/mol. The zero-order chi connectivity index (χ0) is 18.4. The normalized spacial score (nSPS) is 21.5. The third kappa shape index (κ3) is 4.54. The van der Waals surface area contributed by atoms with Crippen LogP contribution in [-0.4, -0.2) is 42.1 Å². The highest BCUT2D eigenvalue weighted by molar-refractivity contribution is 5.27. The van der Waals surface area contributed by atoms with Crippen LogP contribution in [-0.2, 0) is 13.1 Å². The Kier molecular flexibility index (Phi) is 6.12. The maximum atomic E-state index is 5.28. The van der Waals surface area contributed by atoms with E-state index >= 15 is 0 Å². The number of rotatable bonds is 7. The SMILES string of the molecule is C=CCC1(C)CN(Cc2ccccc2)CCN1Cc1ccc(OC)cc1. The maximum absolute atomic E-state index is 5.28. The zero-order valence-electron chi connectivity index (χ0n) is 16.0. The lowest BCUT2D eigenvalue weighted by atomic mass is 9.91. The number of ether oxygens (including phenoxy) is 1. The summed E-state index contributed by atoms with van der Waals surface area (Å²) in [4.78, 5) is 5.18. The summed E-state index contributed by atoms with van der Waals surface area (Å²) in [6.45, 7) is 11.6. The number of nitrogens with zero attached hydrogens (tertiary/aromatic N) is 2. The molecule has 0 N–H and O–H groups in total. The number of piperazine rings is 1. The molecule has 138 valence electrons. The number of benzene rings is 2. The van der Waals surface area contributed by atoms with Gasteiger partial charge >= 0.3 is 0 Å². The largest absolute Gasteiger partial charge is 0.497 e. The van der Waals surface area contributed by atoms with Crippen LogP contribution in [0.1, 0.15) is 24.5 Å². The van der Waals surface area contributed by atoms with Crippen LogP contribution >= 0.6 is 0 Å². The van der Waals surface area contributed by atoms with E-state index in [9.17, 15) is 0 Å². The first kappa shape index (κ1) is 18.7. The van der Waals surface area contributed by atoms with E-state index in [2.05, 4.69) is 71.8 Å². The van der Waals surface area contributed by atoms with Crippen LogP contribution in [0.4, 0.5) is 0 Å². The van der Waals surface area contributed by atoms with Gasteiger partial charge in [-0.3, -0.25) is 9.80 Å². The summed E-state index contributed by atoms with van der Waals surface area (Å²) in [6.07, 6.45) is 3.06. The fourth-order valence-electron chi connectivity index (χ4n) is 3.90. The minimum absolute atomic E-state index is 0.106. The number of hydrogen-bond acceptors (Lipinski definition) is 3. The molecule has 0 spiro atoms. The van der Waals surface area contributed by atoms with Crippen LogP contribution in [0.5, 0.6) is 5.75 Å². The standard InChI is InChI=1S/C23H30N2O/c1-4-14-23(2)19-24(17-20-8-6-5-7-9-20)15-16-25(23)18-21-10-12-22(26-3)13-11-21/h4-13H,1,14-19H2,2-3H3. The van der Waals surface area contributed by atoms with Gasteiger partial charge in [-0.25, -0.2) is 0 Å². The van der Waals surface area contributed by atoms with Crippen molar-refractivity contribution < 1.29 is 4.74 Å². The predicted molar refractivity (Wildman–Crippen MR) is 108 cm³/mol. The van der Waals surface area contributed by atoms with Gasteiger partial charge in [0.15, 0.2) is 0 Å². The lowest BCUT2D eigenvalue weighted by molar-refractivity contribution is 0.000383. The van der Waals surface area contributed by atoms with Crippen molar-refractivity contribution in [3.05, 3.63) is 78.4 Å². The molecule has 3 heteroatoms. The molecule has 2 aromatic rings. The van der Waals surface area contributed by atoms with Crippen LogP contribution in [0.15, 0.2) is 67.3 Å². The van der Waals surface area contributed by atoms with E-state index in [1.807, 2.05) is 12.1 Å². The second-order valence-corrected chi connectivity index (χ2v) is 7.46. The van der Waals surface area contributed by atoms with Crippen molar-refractivity contribution >= 4 is 0 Å². The Hall–Kier alpha value is -2.10. The molecular formula is C23H30N2O. The van der Waals surface area contributed by atoms with Crippen molar-refractivity contribution in [3.63, 3.8) is 0 Å². The lowest BCUT2D eigenvalue weighted by Crippen LogP contribution is -2.59. The molecule has 1 unspecified atom stereocenters. The molecule has 1 aliphatic rings. The van der Waals surface area contributed by atoms with Crippen molar-refractivity contribution in [1.82, 2.24) is 9.80 Å². The van der Waals surface area contributed by atoms with E-state index in [0.29, 0.717) is 0 Å². The van der Waals surface area contributed by atoms with Gasteiger partial charge in [0, 0.05) is 38.3 Å². The Labute approximate surface area is 157 Å². The van der Waals surface area contributed by atoms with Gasteiger partial charge < -0.3 is 4.74 Å². The second-order valence-electron chi connectivity index (χ2n) is 7.46. The van der Waals surface area contributed by atoms with E-state index in [1.54, 1.807) is 7.11 Å². The van der Waals surface area contributed by atoms with Gasteiger partial charge in [-0.2, -0.15) is 0 Å². The van der Waals surface area contributed by atoms with Gasteiger partial charge in [0.05, 0.1) is 7.11 Å². The third-order valence-corrected chi connectivity index (χ3v) is 5.38. The van der Waals surface area contributed by atoms with Crippen molar-refractivity contribution in [2.75, 3.05) is 26.7 Å². The Balaban J connectivity index is 1.69. The van der Waals surface area contributed by atoms with Gasteiger partial charge in [0.2, 0.25) is 0 Å². The summed E-state index contributed by atoms with van der Waals surface area (Å²) >= 11 is 0. The van der Waals surface area contributed by atoms with Crippen LogP contribution in [0.2, 0.25) is 0 Å². The smallest absolute Gasteiger partial charge is 0.118 e. The summed E-state index contributed by atoms with van der Waals surface area (Å²) in [5, 5.41) is 0. The van der Waals surface area contributed by atoms with Gasteiger partial charge in [-0.05, 0) is 36.6 Å². The Bertz CT molecular complexity index is 698. The van der Waals surface area contributed by atoms with E-state index < -0.39 is 0 Å². The number of hydrogen-bond donors (Lipinski definition) is 0. The Morgan fingerprint density at radius 3 is 2.35 bits per heavy atom. The van der Waals surface area contributed by atoms with Crippen LogP contribution in [0.25, 0.3) is 0 Å². The average Bonchev–Trinajstić information content (AvgIpc) is 2.65. The Morgan fingerprint density at radius 2 is 1.69 bits per heavy atom. The highest BCUT2D eigenvalue weighted by Crippen LogP contribution is 2.28. The quantitative estimate of drug-likeness (QED) is 0.691. The first-order chi connectivity index (χ1) is 12.6. The maximum Gasteiger partial charge on any atom is 0.118 e. The van der Waals surface area contributed by atoms with Crippen molar-refractivity contribution in [1.29, 1.82) is 0 Å². The molecule has 0 aromatic heterocycles. The molecular weight excluding hydrogens is 320 g/mol. The fourth-order valence-corrected chi connectivity index (χ4v) is 3.90. The molecule has 1 saturated heterocycles. The van der Waals surface area contributed by atoms with Crippen LogP contribution < -0.4 is 4.74 Å². The van der Waals surface area contributed by atoms with Crippen molar-refractivity contribution in [2.45, 2.75) is 32.0 Å². The number of methoxy groups -OCH3 is 1. The summed E-state index contributed by atoms with van der Waals surface area (Å²) < 4.78 is 5.28. The summed E-state index contributed by atoms with van der Waals surface area (Å²) in [7, 11) is 1.71. The third-order valence-electron chi connectivity index (χ3n) is 5.38. The summed E-state index contributed by atoms with van der Waals surface area (Å²) in [5.41, 5.74) is 2.82. The highest BCUT2D eigenvalue weighted by atomic mass is 16.5. The molecule has 0 amide bonds. The van der Waals surface area contributed by atoms with Gasteiger partial charge in [-0.1, -0.05) is 48.5 Å². The molecule has 3 rings (SSSR count). The molecule has 0 bridgehead atoms. The van der Waals surface area contributed by atoms with E-state index in [1.165, 1.54) is 11.1 Å². The first-order valence-corrected chi connectivity index (χ1v) is 9.38. The first-order valence-electron chi connectivity index (χ1n) is 9.38. The second kappa shape index (κ2) is 8.52. The minimum Gasteiger partial charge on any atom is -0.497 e. The molecule has 1 fully saturated rings. The van der Waals surface area contributed by atoms with Crippen molar-refractivity contribution in [2.24, 2.45) is 0 Å². The van der Waals surface area contributed by atoms with E-state index in [-0.39, 0.29) is 5.54 Å². The zero-order valence-corrected chi connectivity index (χ0v) is 16.0. The van der Waals surface area contributed by atoms with Crippen LogP contribution in [0, 0.1) is 0 Å². The van der Waals surface area contributed by atoms with Crippen molar-refractivity contribution in [3.8, 4) is 5.75 Å². The van der Waals surface area contributed by atoms with E-state index in [0.717, 1.165) is 44.9 Å².